The van der Waals surface area contributed by atoms with E-state index in [9.17, 15) is 26.4 Å². The van der Waals surface area contributed by atoms with Crippen LogP contribution in [0.15, 0.2) is 53.4 Å². The minimum absolute atomic E-state index is 0.0134. The summed E-state index contributed by atoms with van der Waals surface area (Å²) in [6, 6.07) is 8.82. The molecular formula is C20H20F3NO4S. The van der Waals surface area contributed by atoms with E-state index in [1.54, 1.807) is 0 Å². The summed E-state index contributed by atoms with van der Waals surface area (Å²) in [6.07, 6.45) is 0.375. The van der Waals surface area contributed by atoms with Crippen LogP contribution < -0.4 is 9.50 Å². The van der Waals surface area contributed by atoms with Gasteiger partial charge in [0.25, 0.3) is 0 Å². The zero-order valence-electron chi connectivity index (χ0n) is 15.4. The lowest BCUT2D eigenvalue weighted by molar-refractivity contribution is -0.137. The third kappa shape index (κ3) is 5.50. The molecule has 0 atom stereocenters. The van der Waals surface area contributed by atoms with Crippen LogP contribution in [0.4, 0.5) is 18.9 Å². The predicted molar refractivity (Wildman–Crippen MR) is 101 cm³/mol. The number of rotatable bonds is 5. The van der Waals surface area contributed by atoms with E-state index in [4.69, 9.17) is 4.18 Å². The van der Waals surface area contributed by atoms with Gasteiger partial charge in [-0.05, 0) is 61.4 Å². The van der Waals surface area contributed by atoms with Crippen molar-refractivity contribution in [2.24, 2.45) is 5.92 Å². The van der Waals surface area contributed by atoms with Crippen LogP contribution in [0.2, 0.25) is 0 Å². The van der Waals surface area contributed by atoms with Crippen LogP contribution in [0.25, 0.3) is 0 Å². The van der Waals surface area contributed by atoms with Crippen molar-refractivity contribution >= 4 is 21.7 Å². The summed E-state index contributed by atoms with van der Waals surface area (Å²) < 4.78 is 67.3. The average molecular weight is 427 g/mol. The molecule has 1 saturated carbocycles. The summed E-state index contributed by atoms with van der Waals surface area (Å²) in [6.45, 7) is 0. The van der Waals surface area contributed by atoms with Crippen LogP contribution >= 0.6 is 0 Å². The van der Waals surface area contributed by atoms with Crippen molar-refractivity contribution in [3.05, 3.63) is 54.1 Å². The van der Waals surface area contributed by atoms with E-state index in [0.717, 1.165) is 44.2 Å². The summed E-state index contributed by atoms with van der Waals surface area (Å²) in [5, 5.41) is 2.80. The Bertz CT molecular complexity index is 949. The number of carbonyl (C=O) groups excluding carboxylic acids is 1. The first kappa shape index (κ1) is 21.2. The molecule has 0 bridgehead atoms. The largest absolute Gasteiger partial charge is 0.416 e. The monoisotopic (exact) mass is 427 g/mol. The first-order valence-corrected chi connectivity index (χ1v) is 10.6. The number of nitrogens with one attached hydrogen (secondary N) is 1. The third-order valence-electron chi connectivity index (χ3n) is 4.77. The SMILES string of the molecule is O=C(Nc1ccc(OS(=O)(=O)c2ccc(C(F)(F)F)cc2)cc1)C1CCCCC1. The minimum Gasteiger partial charge on any atom is -0.379 e. The molecule has 1 N–H and O–H groups in total. The van der Waals surface area contributed by atoms with E-state index in [1.165, 1.54) is 24.3 Å². The molecule has 2 aromatic carbocycles. The molecule has 0 aromatic heterocycles. The highest BCUT2D eigenvalue weighted by Gasteiger charge is 2.31. The third-order valence-corrected chi connectivity index (χ3v) is 6.04. The highest BCUT2D eigenvalue weighted by molar-refractivity contribution is 7.87. The van der Waals surface area contributed by atoms with E-state index in [-0.39, 0.29) is 22.5 Å². The quantitative estimate of drug-likeness (QED) is 0.683. The van der Waals surface area contributed by atoms with E-state index < -0.39 is 21.9 Å². The molecule has 29 heavy (non-hydrogen) atoms. The molecule has 1 amide bonds. The minimum atomic E-state index is -4.55. The van der Waals surface area contributed by atoms with Gasteiger partial charge in [0, 0.05) is 11.6 Å². The Balaban J connectivity index is 1.64. The Morgan fingerprint density at radius 3 is 2.07 bits per heavy atom. The summed E-state index contributed by atoms with van der Waals surface area (Å²) >= 11 is 0. The number of hydrogen-bond acceptors (Lipinski definition) is 4. The Morgan fingerprint density at radius 1 is 0.931 bits per heavy atom. The molecule has 9 heteroatoms. The van der Waals surface area contributed by atoms with E-state index in [2.05, 4.69) is 5.32 Å². The van der Waals surface area contributed by atoms with Gasteiger partial charge < -0.3 is 9.50 Å². The molecule has 0 aliphatic heterocycles. The Hall–Kier alpha value is -2.55. The molecule has 2 aromatic rings. The maximum atomic E-state index is 12.6. The molecule has 0 heterocycles. The molecule has 0 spiro atoms. The van der Waals surface area contributed by atoms with Gasteiger partial charge in [0.2, 0.25) is 5.91 Å². The van der Waals surface area contributed by atoms with Gasteiger partial charge in [-0.3, -0.25) is 4.79 Å². The number of benzene rings is 2. The zero-order chi connectivity index (χ0) is 21.1. The molecule has 3 rings (SSSR count). The molecule has 0 radical (unpaired) electrons. The standard InChI is InChI=1S/C20H20F3NO4S/c21-20(22,23)15-6-12-18(13-7-15)29(26,27)28-17-10-8-16(9-11-17)24-19(25)14-4-2-1-3-5-14/h6-14H,1-5H2,(H,24,25). The maximum Gasteiger partial charge on any atom is 0.416 e. The number of hydrogen-bond donors (Lipinski definition) is 1. The van der Waals surface area contributed by atoms with Crippen molar-refractivity contribution in [3.63, 3.8) is 0 Å². The van der Waals surface area contributed by atoms with Gasteiger partial charge >= 0.3 is 16.3 Å². The second-order valence-corrected chi connectivity index (χ2v) is 8.45. The Labute approximate surface area is 167 Å². The van der Waals surface area contributed by atoms with Gasteiger partial charge in [-0.1, -0.05) is 19.3 Å². The number of halogens is 3. The molecule has 156 valence electrons. The average Bonchev–Trinajstić information content (AvgIpc) is 2.69. The van der Waals surface area contributed by atoms with E-state index in [1.807, 2.05) is 0 Å². The van der Waals surface area contributed by atoms with Crippen LogP contribution in [-0.2, 0) is 21.1 Å². The van der Waals surface area contributed by atoms with Gasteiger partial charge in [0.05, 0.1) is 5.56 Å². The van der Waals surface area contributed by atoms with Crippen molar-refractivity contribution in [2.75, 3.05) is 5.32 Å². The summed E-state index contributed by atoms with van der Waals surface area (Å²) in [4.78, 5) is 11.9. The molecule has 0 saturated heterocycles. The number of carbonyl (C=O) groups is 1. The fourth-order valence-electron chi connectivity index (χ4n) is 3.19. The van der Waals surface area contributed by atoms with Crippen LogP contribution in [0.3, 0.4) is 0 Å². The number of amides is 1. The van der Waals surface area contributed by atoms with Gasteiger partial charge in [-0.25, -0.2) is 0 Å². The van der Waals surface area contributed by atoms with Crippen LogP contribution in [0, 0.1) is 5.92 Å². The topological polar surface area (TPSA) is 72.5 Å². The summed E-state index contributed by atoms with van der Waals surface area (Å²) in [5.41, 5.74) is -0.436. The normalized spacial score (nSPS) is 15.7. The molecule has 1 fully saturated rings. The first-order chi connectivity index (χ1) is 13.6. The van der Waals surface area contributed by atoms with E-state index >= 15 is 0 Å². The van der Waals surface area contributed by atoms with Crippen molar-refractivity contribution < 1.29 is 30.6 Å². The van der Waals surface area contributed by atoms with Crippen molar-refractivity contribution in [2.45, 2.75) is 43.2 Å². The molecule has 5 nitrogen and oxygen atoms in total. The lowest BCUT2D eigenvalue weighted by Gasteiger charge is -2.20. The zero-order valence-corrected chi connectivity index (χ0v) is 16.2. The first-order valence-electron chi connectivity index (χ1n) is 9.18. The second kappa shape index (κ2) is 8.44. The second-order valence-electron chi connectivity index (χ2n) is 6.91. The fourth-order valence-corrected chi connectivity index (χ4v) is 4.12. The van der Waals surface area contributed by atoms with Crippen LogP contribution in [0.1, 0.15) is 37.7 Å². The smallest absolute Gasteiger partial charge is 0.379 e. The van der Waals surface area contributed by atoms with Crippen molar-refractivity contribution in [1.82, 2.24) is 0 Å². The lowest BCUT2D eigenvalue weighted by atomic mass is 9.88. The van der Waals surface area contributed by atoms with Crippen LogP contribution in [0.5, 0.6) is 5.75 Å². The molecule has 0 unspecified atom stereocenters. The van der Waals surface area contributed by atoms with Gasteiger partial charge in [0.15, 0.2) is 0 Å². The van der Waals surface area contributed by atoms with Crippen molar-refractivity contribution in [3.8, 4) is 5.75 Å². The van der Waals surface area contributed by atoms with E-state index in [0.29, 0.717) is 17.8 Å². The Morgan fingerprint density at radius 2 is 1.52 bits per heavy atom. The van der Waals surface area contributed by atoms with Crippen LogP contribution in [-0.4, -0.2) is 14.3 Å². The highest BCUT2D eigenvalue weighted by atomic mass is 32.2. The lowest BCUT2D eigenvalue weighted by Crippen LogP contribution is -2.24. The molecule has 1 aliphatic carbocycles. The van der Waals surface area contributed by atoms with Gasteiger partial charge in [-0.2, -0.15) is 21.6 Å². The van der Waals surface area contributed by atoms with Gasteiger partial charge in [-0.15, -0.1) is 0 Å². The fraction of sp³-hybridized carbons (Fsp3) is 0.350. The predicted octanol–water partition coefficient (Wildman–Crippen LogP) is 4.99. The molecular weight excluding hydrogens is 407 g/mol. The maximum absolute atomic E-state index is 12.6. The Kier molecular flexibility index (Phi) is 6.16. The molecule has 1 aliphatic rings. The van der Waals surface area contributed by atoms with Crippen molar-refractivity contribution in [1.29, 1.82) is 0 Å². The highest BCUT2D eigenvalue weighted by Crippen LogP contribution is 2.30. The van der Waals surface area contributed by atoms with Gasteiger partial charge in [0.1, 0.15) is 10.6 Å². The summed E-state index contributed by atoms with van der Waals surface area (Å²) in [5.74, 6) is -0.0870. The summed E-state index contributed by atoms with van der Waals surface area (Å²) in [7, 11) is -4.28. The number of alkyl halides is 3. The number of anilines is 1.